The summed E-state index contributed by atoms with van der Waals surface area (Å²) >= 11 is 3.32. The zero-order chi connectivity index (χ0) is 13.1. The quantitative estimate of drug-likeness (QED) is 0.908. The minimum absolute atomic E-state index is 0.0739. The van der Waals surface area contributed by atoms with Gasteiger partial charge in [-0.05, 0) is 24.3 Å². The zero-order valence-electron chi connectivity index (χ0n) is 9.81. The Morgan fingerprint density at radius 3 is 2.61 bits per heavy atom. The van der Waals surface area contributed by atoms with Crippen LogP contribution in [0.2, 0.25) is 0 Å². The van der Waals surface area contributed by atoms with Crippen molar-refractivity contribution in [3.63, 3.8) is 0 Å². The summed E-state index contributed by atoms with van der Waals surface area (Å²) in [7, 11) is 1.55. The summed E-state index contributed by atoms with van der Waals surface area (Å²) < 4.78 is 0.945. The highest BCUT2D eigenvalue weighted by Crippen LogP contribution is 2.15. The fourth-order valence-corrected chi connectivity index (χ4v) is 1.83. The van der Waals surface area contributed by atoms with Gasteiger partial charge in [0.25, 0.3) is 5.91 Å². The summed E-state index contributed by atoms with van der Waals surface area (Å²) in [6, 6.07) is 7.27. The van der Waals surface area contributed by atoms with Crippen LogP contribution in [-0.2, 0) is 9.59 Å². The van der Waals surface area contributed by atoms with Crippen molar-refractivity contribution in [3.05, 3.63) is 28.7 Å². The van der Waals surface area contributed by atoms with Gasteiger partial charge in [-0.15, -0.1) is 0 Å². The highest BCUT2D eigenvalue weighted by molar-refractivity contribution is 9.10. The van der Waals surface area contributed by atoms with E-state index in [1.165, 1.54) is 5.01 Å². The van der Waals surface area contributed by atoms with Gasteiger partial charge in [-0.1, -0.05) is 15.9 Å². The van der Waals surface area contributed by atoms with Gasteiger partial charge in [-0.2, -0.15) is 5.10 Å². The van der Waals surface area contributed by atoms with Gasteiger partial charge in [-0.3, -0.25) is 9.59 Å². The van der Waals surface area contributed by atoms with Crippen molar-refractivity contribution in [1.29, 1.82) is 0 Å². The number of amides is 2. The van der Waals surface area contributed by atoms with Gasteiger partial charge in [0.1, 0.15) is 5.71 Å². The first-order valence-electron chi connectivity index (χ1n) is 5.47. The second-order valence-corrected chi connectivity index (χ2v) is 4.84. The van der Waals surface area contributed by atoms with E-state index in [1.807, 2.05) is 12.1 Å². The Bertz CT molecular complexity index is 511. The molecule has 0 bridgehead atoms. The van der Waals surface area contributed by atoms with E-state index in [0.717, 1.165) is 4.47 Å². The minimum atomic E-state index is -0.267. The molecule has 6 heteroatoms. The lowest BCUT2D eigenvalue weighted by Gasteiger charge is -2.18. The molecule has 0 aliphatic carbocycles. The van der Waals surface area contributed by atoms with E-state index in [9.17, 15) is 9.59 Å². The topological polar surface area (TPSA) is 61.8 Å². The Labute approximate surface area is 113 Å². The molecule has 0 saturated carbocycles. The van der Waals surface area contributed by atoms with Crippen LogP contribution in [0.1, 0.15) is 12.8 Å². The van der Waals surface area contributed by atoms with Crippen molar-refractivity contribution in [1.82, 2.24) is 5.01 Å². The normalized spacial score (nSPS) is 15.3. The Balaban J connectivity index is 2.06. The SMILES string of the molecule is CN1N=C(C(=O)Nc2ccc(Br)cc2)CCC1=O. The molecule has 1 aromatic carbocycles. The smallest absolute Gasteiger partial charge is 0.271 e. The molecule has 2 amide bonds. The minimum Gasteiger partial charge on any atom is -0.321 e. The first-order valence-corrected chi connectivity index (χ1v) is 6.26. The highest BCUT2D eigenvalue weighted by atomic mass is 79.9. The van der Waals surface area contributed by atoms with E-state index in [-0.39, 0.29) is 11.8 Å². The lowest BCUT2D eigenvalue weighted by molar-refractivity contribution is -0.130. The van der Waals surface area contributed by atoms with E-state index in [2.05, 4.69) is 26.3 Å². The summed E-state index contributed by atoms with van der Waals surface area (Å²) in [6.45, 7) is 0. The largest absolute Gasteiger partial charge is 0.321 e. The molecule has 1 aliphatic heterocycles. The molecule has 0 atom stereocenters. The average Bonchev–Trinajstić information content (AvgIpc) is 2.35. The standard InChI is InChI=1S/C12H12BrN3O2/c1-16-11(17)7-6-10(15-16)12(18)14-9-4-2-8(13)3-5-9/h2-5H,6-7H2,1H3,(H,14,18). The second kappa shape index (κ2) is 5.30. The van der Waals surface area contributed by atoms with Gasteiger partial charge in [-0.25, -0.2) is 5.01 Å². The lowest BCUT2D eigenvalue weighted by atomic mass is 10.1. The van der Waals surface area contributed by atoms with Crippen molar-refractivity contribution in [2.24, 2.45) is 5.10 Å². The number of rotatable bonds is 2. The van der Waals surface area contributed by atoms with Crippen LogP contribution in [0.5, 0.6) is 0 Å². The second-order valence-electron chi connectivity index (χ2n) is 3.93. The zero-order valence-corrected chi connectivity index (χ0v) is 11.4. The summed E-state index contributed by atoms with van der Waals surface area (Å²) in [4.78, 5) is 23.2. The van der Waals surface area contributed by atoms with E-state index in [0.29, 0.717) is 24.2 Å². The third kappa shape index (κ3) is 2.95. The van der Waals surface area contributed by atoms with Gasteiger partial charge in [0.2, 0.25) is 5.91 Å². The molecular formula is C12H12BrN3O2. The molecule has 0 saturated heterocycles. The molecule has 1 aromatic rings. The van der Waals surface area contributed by atoms with E-state index in [4.69, 9.17) is 0 Å². The van der Waals surface area contributed by atoms with Crippen molar-refractivity contribution in [2.75, 3.05) is 12.4 Å². The number of benzene rings is 1. The number of halogens is 1. The maximum absolute atomic E-state index is 11.9. The molecule has 0 spiro atoms. The van der Waals surface area contributed by atoms with Gasteiger partial charge in [0, 0.05) is 30.0 Å². The first-order chi connectivity index (χ1) is 8.56. The monoisotopic (exact) mass is 309 g/mol. The number of hydrogen-bond donors (Lipinski definition) is 1. The predicted octanol–water partition coefficient (Wildman–Crippen LogP) is 2.00. The molecule has 0 radical (unpaired) electrons. The number of hydrogen-bond acceptors (Lipinski definition) is 3. The maximum atomic E-state index is 11.9. The van der Waals surface area contributed by atoms with Gasteiger partial charge in [0.05, 0.1) is 0 Å². The van der Waals surface area contributed by atoms with E-state index in [1.54, 1.807) is 19.2 Å². The number of nitrogens with one attached hydrogen (secondary N) is 1. The molecule has 18 heavy (non-hydrogen) atoms. The first kappa shape index (κ1) is 12.8. The Hall–Kier alpha value is -1.69. The molecule has 5 nitrogen and oxygen atoms in total. The van der Waals surface area contributed by atoms with Crippen molar-refractivity contribution in [3.8, 4) is 0 Å². The van der Waals surface area contributed by atoms with Crippen LogP contribution in [0.15, 0.2) is 33.8 Å². The van der Waals surface area contributed by atoms with Crippen LogP contribution in [-0.4, -0.2) is 29.6 Å². The number of carbonyl (C=O) groups is 2. The van der Waals surface area contributed by atoms with Crippen LogP contribution in [0.25, 0.3) is 0 Å². The van der Waals surface area contributed by atoms with E-state index < -0.39 is 0 Å². The fraction of sp³-hybridized carbons (Fsp3) is 0.250. The number of hydrazone groups is 1. The third-order valence-corrected chi connectivity index (χ3v) is 3.10. The molecule has 1 aliphatic rings. The van der Waals surface area contributed by atoms with Crippen LogP contribution in [0.3, 0.4) is 0 Å². The molecule has 0 unspecified atom stereocenters. The van der Waals surface area contributed by atoms with Gasteiger partial charge >= 0.3 is 0 Å². The Kier molecular flexibility index (Phi) is 3.76. The van der Waals surface area contributed by atoms with Crippen LogP contribution in [0, 0.1) is 0 Å². The van der Waals surface area contributed by atoms with Crippen LogP contribution < -0.4 is 5.32 Å². The van der Waals surface area contributed by atoms with Gasteiger partial charge < -0.3 is 5.32 Å². The molecule has 94 valence electrons. The van der Waals surface area contributed by atoms with Crippen molar-refractivity contribution >= 4 is 39.1 Å². The van der Waals surface area contributed by atoms with Crippen LogP contribution in [0.4, 0.5) is 5.69 Å². The summed E-state index contributed by atoms with van der Waals surface area (Å²) in [5, 5.41) is 7.91. The summed E-state index contributed by atoms with van der Waals surface area (Å²) in [5.74, 6) is -0.341. The van der Waals surface area contributed by atoms with E-state index >= 15 is 0 Å². The third-order valence-electron chi connectivity index (χ3n) is 2.57. The Morgan fingerprint density at radius 2 is 2.00 bits per heavy atom. The molecular weight excluding hydrogens is 298 g/mol. The molecule has 0 fully saturated rings. The Morgan fingerprint density at radius 1 is 1.33 bits per heavy atom. The predicted molar refractivity (Wildman–Crippen MR) is 72.2 cm³/mol. The summed E-state index contributed by atoms with van der Waals surface area (Å²) in [6.07, 6.45) is 0.703. The lowest BCUT2D eigenvalue weighted by Crippen LogP contribution is -2.34. The van der Waals surface area contributed by atoms with Crippen molar-refractivity contribution in [2.45, 2.75) is 12.8 Å². The highest BCUT2D eigenvalue weighted by Gasteiger charge is 2.21. The number of anilines is 1. The maximum Gasteiger partial charge on any atom is 0.271 e. The molecule has 0 aromatic heterocycles. The molecule has 1 N–H and O–H groups in total. The van der Waals surface area contributed by atoms with Gasteiger partial charge in [0.15, 0.2) is 0 Å². The number of nitrogens with zero attached hydrogens (tertiary/aromatic N) is 2. The summed E-state index contributed by atoms with van der Waals surface area (Å²) in [5.41, 5.74) is 1.07. The average molecular weight is 310 g/mol. The number of carbonyl (C=O) groups excluding carboxylic acids is 2. The fourth-order valence-electron chi connectivity index (χ4n) is 1.57. The molecule has 2 rings (SSSR count). The van der Waals surface area contributed by atoms with Crippen molar-refractivity contribution < 1.29 is 9.59 Å². The molecule has 1 heterocycles. The van der Waals surface area contributed by atoms with Crippen LogP contribution >= 0.6 is 15.9 Å².